The van der Waals surface area contributed by atoms with Gasteiger partial charge in [-0.3, -0.25) is 14.5 Å². The lowest BCUT2D eigenvalue weighted by Gasteiger charge is -2.39. The average Bonchev–Trinajstić information content (AvgIpc) is 2.41. The van der Waals surface area contributed by atoms with E-state index in [1.807, 2.05) is 11.8 Å². The molecule has 1 amide bonds. The predicted octanol–water partition coefficient (Wildman–Crippen LogP) is 1.57. The van der Waals surface area contributed by atoms with Crippen LogP contribution in [0.1, 0.15) is 46.0 Å². The highest BCUT2D eigenvalue weighted by Crippen LogP contribution is 2.24. The van der Waals surface area contributed by atoms with Gasteiger partial charge in [-0.1, -0.05) is 0 Å². The number of likely N-dealkylation sites (tertiary alicyclic amines) is 2. The van der Waals surface area contributed by atoms with E-state index in [0.29, 0.717) is 32.0 Å². The standard InChI is InChI=1S/C15H26N2O3/c1-11-5-3-4-7-17(11)14(18)10-16-8-6-13(15(19)20)9-12(16)2/h11-13H,3-10H2,1-2H3,(H,19,20). The number of aliphatic carboxylic acids is 1. The summed E-state index contributed by atoms with van der Waals surface area (Å²) in [7, 11) is 0. The van der Waals surface area contributed by atoms with Crippen LogP contribution in [0, 0.1) is 5.92 Å². The lowest BCUT2D eigenvalue weighted by Crippen LogP contribution is -2.51. The van der Waals surface area contributed by atoms with Crippen LogP contribution in [0.15, 0.2) is 0 Å². The maximum Gasteiger partial charge on any atom is 0.306 e. The Bertz CT molecular complexity index is 372. The summed E-state index contributed by atoms with van der Waals surface area (Å²) in [6.07, 6.45) is 4.72. The first-order valence-corrected chi connectivity index (χ1v) is 7.75. The van der Waals surface area contributed by atoms with E-state index in [0.717, 1.165) is 19.4 Å². The summed E-state index contributed by atoms with van der Waals surface area (Å²) in [6.45, 7) is 6.18. The zero-order chi connectivity index (χ0) is 14.7. The predicted molar refractivity (Wildman–Crippen MR) is 76.4 cm³/mol. The molecule has 20 heavy (non-hydrogen) atoms. The van der Waals surface area contributed by atoms with E-state index in [1.54, 1.807) is 0 Å². The first-order valence-electron chi connectivity index (χ1n) is 7.75. The molecule has 0 aromatic rings. The fraction of sp³-hybridized carbons (Fsp3) is 0.867. The summed E-state index contributed by atoms with van der Waals surface area (Å²) < 4.78 is 0. The number of amides is 1. The Morgan fingerprint density at radius 1 is 1.10 bits per heavy atom. The van der Waals surface area contributed by atoms with E-state index in [9.17, 15) is 9.59 Å². The van der Waals surface area contributed by atoms with Crippen LogP contribution in [0.5, 0.6) is 0 Å². The molecule has 1 N–H and O–H groups in total. The van der Waals surface area contributed by atoms with Crippen LogP contribution in [-0.2, 0) is 9.59 Å². The summed E-state index contributed by atoms with van der Waals surface area (Å²) in [6, 6.07) is 0.525. The summed E-state index contributed by atoms with van der Waals surface area (Å²) in [5.74, 6) is -0.740. The molecule has 0 aromatic heterocycles. The van der Waals surface area contributed by atoms with Crippen molar-refractivity contribution < 1.29 is 14.7 Å². The highest BCUT2D eigenvalue weighted by molar-refractivity contribution is 5.78. The first kappa shape index (κ1) is 15.3. The number of hydrogen-bond donors (Lipinski definition) is 1. The second kappa shape index (κ2) is 6.57. The molecule has 0 saturated carbocycles. The number of carbonyl (C=O) groups is 2. The van der Waals surface area contributed by atoms with E-state index in [1.165, 1.54) is 6.42 Å². The highest BCUT2D eigenvalue weighted by Gasteiger charge is 2.32. The molecule has 114 valence electrons. The maximum absolute atomic E-state index is 12.4. The molecule has 2 rings (SSSR count). The van der Waals surface area contributed by atoms with Gasteiger partial charge in [0.15, 0.2) is 0 Å². The Morgan fingerprint density at radius 3 is 2.45 bits per heavy atom. The van der Waals surface area contributed by atoms with Crippen LogP contribution in [0.2, 0.25) is 0 Å². The Labute approximate surface area is 120 Å². The third kappa shape index (κ3) is 3.51. The average molecular weight is 282 g/mol. The fourth-order valence-corrected chi connectivity index (χ4v) is 3.41. The topological polar surface area (TPSA) is 60.9 Å². The molecule has 3 atom stereocenters. The number of hydrogen-bond acceptors (Lipinski definition) is 3. The molecule has 2 fully saturated rings. The number of piperidine rings is 2. The van der Waals surface area contributed by atoms with Gasteiger partial charge in [-0.05, 0) is 52.5 Å². The number of rotatable bonds is 3. The van der Waals surface area contributed by atoms with Gasteiger partial charge in [0.1, 0.15) is 0 Å². The second-order valence-electron chi connectivity index (χ2n) is 6.31. The Kier molecular flexibility index (Phi) is 5.02. The maximum atomic E-state index is 12.4. The van der Waals surface area contributed by atoms with Gasteiger partial charge in [-0.15, -0.1) is 0 Å². The third-order valence-electron chi connectivity index (χ3n) is 4.82. The van der Waals surface area contributed by atoms with E-state index in [-0.39, 0.29) is 17.9 Å². The summed E-state index contributed by atoms with van der Waals surface area (Å²) in [4.78, 5) is 27.6. The molecular weight excluding hydrogens is 256 g/mol. The zero-order valence-corrected chi connectivity index (χ0v) is 12.5. The van der Waals surface area contributed by atoms with E-state index < -0.39 is 5.97 Å². The lowest BCUT2D eigenvalue weighted by atomic mass is 9.91. The van der Waals surface area contributed by atoms with Gasteiger partial charge < -0.3 is 10.0 Å². The highest BCUT2D eigenvalue weighted by atomic mass is 16.4. The van der Waals surface area contributed by atoms with Gasteiger partial charge in [0.05, 0.1) is 12.5 Å². The van der Waals surface area contributed by atoms with Gasteiger partial charge in [-0.2, -0.15) is 0 Å². The minimum absolute atomic E-state index is 0.175. The van der Waals surface area contributed by atoms with Crippen molar-refractivity contribution in [3.63, 3.8) is 0 Å². The third-order valence-corrected chi connectivity index (χ3v) is 4.82. The normalized spacial score (nSPS) is 32.1. The fourth-order valence-electron chi connectivity index (χ4n) is 3.41. The van der Waals surface area contributed by atoms with E-state index in [2.05, 4.69) is 11.8 Å². The van der Waals surface area contributed by atoms with Crippen LogP contribution >= 0.6 is 0 Å². The van der Waals surface area contributed by atoms with Crippen LogP contribution in [0.3, 0.4) is 0 Å². The van der Waals surface area contributed by atoms with Crippen molar-refractivity contribution in [2.75, 3.05) is 19.6 Å². The van der Waals surface area contributed by atoms with Crippen molar-refractivity contribution in [3.8, 4) is 0 Å². The molecule has 2 heterocycles. The van der Waals surface area contributed by atoms with Crippen LogP contribution < -0.4 is 0 Å². The number of carboxylic acids is 1. The van der Waals surface area contributed by atoms with Crippen molar-refractivity contribution in [3.05, 3.63) is 0 Å². The second-order valence-corrected chi connectivity index (χ2v) is 6.31. The molecule has 3 unspecified atom stereocenters. The Balaban J connectivity index is 1.87. The Morgan fingerprint density at radius 2 is 1.85 bits per heavy atom. The van der Waals surface area contributed by atoms with Gasteiger partial charge in [0.25, 0.3) is 0 Å². The van der Waals surface area contributed by atoms with E-state index >= 15 is 0 Å². The van der Waals surface area contributed by atoms with Crippen molar-refractivity contribution in [2.24, 2.45) is 5.92 Å². The van der Waals surface area contributed by atoms with Crippen LogP contribution in [-0.4, -0.2) is 58.5 Å². The first-order chi connectivity index (χ1) is 9.49. The lowest BCUT2D eigenvalue weighted by molar-refractivity contribution is -0.144. The zero-order valence-electron chi connectivity index (χ0n) is 12.5. The molecule has 0 bridgehead atoms. The van der Waals surface area contributed by atoms with Gasteiger partial charge in [0.2, 0.25) is 5.91 Å². The van der Waals surface area contributed by atoms with Crippen LogP contribution in [0.25, 0.3) is 0 Å². The molecule has 5 heteroatoms. The molecule has 0 aromatic carbocycles. The van der Waals surface area contributed by atoms with Gasteiger partial charge in [-0.25, -0.2) is 0 Å². The summed E-state index contributed by atoms with van der Waals surface area (Å²) in [5, 5.41) is 9.07. The molecule has 5 nitrogen and oxygen atoms in total. The molecular formula is C15H26N2O3. The molecule has 2 aliphatic rings. The monoisotopic (exact) mass is 282 g/mol. The van der Waals surface area contributed by atoms with Crippen LogP contribution in [0.4, 0.5) is 0 Å². The quantitative estimate of drug-likeness (QED) is 0.853. The molecule has 2 aliphatic heterocycles. The van der Waals surface area contributed by atoms with Gasteiger partial charge in [0, 0.05) is 18.6 Å². The number of carbonyl (C=O) groups excluding carboxylic acids is 1. The number of carboxylic acid groups (broad SMARTS) is 1. The summed E-state index contributed by atoms with van der Waals surface area (Å²) in [5.41, 5.74) is 0. The van der Waals surface area contributed by atoms with Crippen molar-refractivity contribution >= 4 is 11.9 Å². The van der Waals surface area contributed by atoms with Crippen molar-refractivity contribution in [1.82, 2.24) is 9.80 Å². The smallest absolute Gasteiger partial charge is 0.306 e. The molecule has 0 aliphatic carbocycles. The van der Waals surface area contributed by atoms with E-state index in [4.69, 9.17) is 5.11 Å². The SMILES string of the molecule is CC1CC(C(=O)O)CCN1CC(=O)N1CCCCC1C. The van der Waals surface area contributed by atoms with Gasteiger partial charge >= 0.3 is 5.97 Å². The minimum atomic E-state index is -0.701. The largest absolute Gasteiger partial charge is 0.481 e. The molecule has 0 spiro atoms. The number of nitrogens with zero attached hydrogens (tertiary/aromatic N) is 2. The summed E-state index contributed by atoms with van der Waals surface area (Å²) >= 11 is 0. The molecule has 2 saturated heterocycles. The molecule has 0 radical (unpaired) electrons. The minimum Gasteiger partial charge on any atom is -0.481 e. The Hall–Kier alpha value is -1.10. The van der Waals surface area contributed by atoms with Crippen molar-refractivity contribution in [1.29, 1.82) is 0 Å². The van der Waals surface area contributed by atoms with Crippen molar-refractivity contribution in [2.45, 2.75) is 58.0 Å².